The van der Waals surface area contributed by atoms with E-state index in [0.29, 0.717) is 25.1 Å². The van der Waals surface area contributed by atoms with Gasteiger partial charge in [0.25, 0.3) is 0 Å². The van der Waals surface area contributed by atoms with Gasteiger partial charge in [-0.2, -0.15) is 0 Å². The molecule has 0 bridgehead atoms. The zero-order chi connectivity index (χ0) is 14.8. The molecule has 0 spiro atoms. The monoisotopic (exact) mass is 340 g/mol. The zero-order valence-electron chi connectivity index (χ0n) is 11.2. The fraction of sp³-hybridized carbons (Fsp3) is 0.429. The van der Waals surface area contributed by atoms with E-state index >= 15 is 0 Å². The summed E-state index contributed by atoms with van der Waals surface area (Å²) in [6.07, 6.45) is 1.04. The Bertz CT molecular complexity index is 535. The second kappa shape index (κ2) is 5.83. The standard InChI is InChI=1S/C14H17BrN2O3/c1-2-14(12(18)19)6-7-17(9-14)13(20)16-11-5-3-4-10(15)8-11/h3-5,8H,2,6-7,9H2,1H3,(H,16,20)(H,18,19). The number of benzene rings is 1. The number of carboxylic acids is 1. The molecule has 1 heterocycles. The number of carboxylic acid groups (broad SMARTS) is 1. The Kier molecular flexibility index (Phi) is 4.32. The molecule has 5 nitrogen and oxygen atoms in total. The van der Waals surface area contributed by atoms with Gasteiger partial charge in [-0.1, -0.05) is 28.9 Å². The smallest absolute Gasteiger partial charge is 0.321 e. The summed E-state index contributed by atoms with van der Waals surface area (Å²) in [6.45, 7) is 2.59. The summed E-state index contributed by atoms with van der Waals surface area (Å²) in [6, 6.07) is 7.05. The maximum Gasteiger partial charge on any atom is 0.321 e. The van der Waals surface area contributed by atoms with Crippen LogP contribution in [0.4, 0.5) is 10.5 Å². The summed E-state index contributed by atoms with van der Waals surface area (Å²) in [7, 11) is 0. The maximum absolute atomic E-state index is 12.2. The molecule has 1 fully saturated rings. The van der Waals surface area contributed by atoms with Crippen LogP contribution in [0.1, 0.15) is 19.8 Å². The summed E-state index contributed by atoms with van der Waals surface area (Å²) < 4.78 is 0.880. The van der Waals surface area contributed by atoms with Crippen molar-refractivity contribution in [2.24, 2.45) is 5.41 Å². The number of carbonyl (C=O) groups is 2. The van der Waals surface area contributed by atoms with Crippen LogP contribution < -0.4 is 5.32 Å². The first-order valence-electron chi connectivity index (χ1n) is 6.52. The van der Waals surface area contributed by atoms with Crippen molar-refractivity contribution in [2.75, 3.05) is 18.4 Å². The molecule has 2 amide bonds. The van der Waals surface area contributed by atoms with Crippen molar-refractivity contribution in [3.8, 4) is 0 Å². The quantitative estimate of drug-likeness (QED) is 0.887. The predicted molar refractivity (Wildman–Crippen MR) is 79.7 cm³/mol. The maximum atomic E-state index is 12.2. The molecule has 0 aliphatic carbocycles. The third-order valence-electron chi connectivity index (χ3n) is 3.85. The molecule has 20 heavy (non-hydrogen) atoms. The van der Waals surface area contributed by atoms with Gasteiger partial charge < -0.3 is 15.3 Å². The minimum Gasteiger partial charge on any atom is -0.481 e. The number of aliphatic carboxylic acids is 1. The number of urea groups is 1. The number of hydrogen-bond donors (Lipinski definition) is 2. The first-order valence-corrected chi connectivity index (χ1v) is 7.31. The molecule has 0 aromatic heterocycles. The lowest BCUT2D eigenvalue weighted by atomic mass is 9.84. The Morgan fingerprint density at radius 3 is 2.80 bits per heavy atom. The van der Waals surface area contributed by atoms with E-state index in [0.717, 1.165) is 4.47 Å². The van der Waals surface area contributed by atoms with Crippen LogP contribution in [0.2, 0.25) is 0 Å². The largest absolute Gasteiger partial charge is 0.481 e. The third kappa shape index (κ3) is 2.95. The predicted octanol–water partition coefficient (Wildman–Crippen LogP) is 3.17. The average Bonchev–Trinajstić information content (AvgIpc) is 2.84. The summed E-state index contributed by atoms with van der Waals surface area (Å²) in [5.41, 5.74) is -0.108. The highest BCUT2D eigenvalue weighted by Gasteiger charge is 2.44. The van der Waals surface area contributed by atoms with E-state index in [1.54, 1.807) is 17.0 Å². The van der Waals surface area contributed by atoms with Crippen molar-refractivity contribution in [1.82, 2.24) is 4.90 Å². The molecule has 6 heteroatoms. The van der Waals surface area contributed by atoms with Gasteiger partial charge in [-0.25, -0.2) is 4.79 Å². The molecule has 1 aromatic carbocycles. The first-order chi connectivity index (χ1) is 9.47. The molecule has 0 saturated carbocycles. The normalized spacial score (nSPS) is 21.8. The van der Waals surface area contributed by atoms with Crippen LogP contribution in [-0.2, 0) is 4.79 Å². The average molecular weight is 341 g/mol. The van der Waals surface area contributed by atoms with Gasteiger partial charge in [0.1, 0.15) is 0 Å². The van der Waals surface area contributed by atoms with Crippen LogP contribution in [0.3, 0.4) is 0 Å². The van der Waals surface area contributed by atoms with Crippen LogP contribution in [0.5, 0.6) is 0 Å². The number of halogens is 1. The van der Waals surface area contributed by atoms with Gasteiger partial charge in [0.05, 0.1) is 5.41 Å². The summed E-state index contributed by atoms with van der Waals surface area (Å²) in [5, 5.41) is 12.1. The van der Waals surface area contributed by atoms with Gasteiger partial charge in [0, 0.05) is 23.2 Å². The number of rotatable bonds is 3. The van der Waals surface area contributed by atoms with Crippen LogP contribution in [0, 0.1) is 5.41 Å². The zero-order valence-corrected chi connectivity index (χ0v) is 12.8. The van der Waals surface area contributed by atoms with Gasteiger partial charge in [-0.05, 0) is 31.0 Å². The number of hydrogen-bond acceptors (Lipinski definition) is 2. The highest BCUT2D eigenvalue weighted by atomic mass is 79.9. The lowest BCUT2D eigenvalue weighted by molar-refractivity contribution is -0.148. The fourth-order valence-electron chi connectivity index (χ4n) is 2.43. The molecule has 1 aromatic rings. The number of nitrogens with zero attached hydrogens (tertiary/aromatic N) is 1. The van der Waals surface area contributed by atoms with Crippen molar-refractivity contribution < 1.29 is 14.7 Å². The van der Waals surface area contributed by atoms with E-state index in [-0.39, 0.29) is 12.6 Å². The lowest BCUT2D eigenvalue weighted by Crippen LogP contribution is -2.38. The minimum atomic E-state index is -0.822. The van der Waals surface area contributed by atoms with E-state index in [2.05, 4.69) is 21.2 Å². The SMILES string of the molecule is CCC1(C(=O)O)CCN(C(=O)Nc2cccc(Br)c2)C1. The lowest BCUT2D eigenvalue weighted by Gasteiger charge is -2.23. The van der Waals surface area contributed by atoms with Gasteiger partial charge in [0.2, 0.25) is 0 Å². The van der Waals surface area contributed by atoms with Crippen LogP contribution in [0.15, 0.2) is 28.7 Å². The van der Waals surface area contributed by atoms with E-state index in [4.69, 9.17) is 0 Å². The molecular formula is C14H17BrN2O3. The van der Waals surface area contributed by atoms with E-state index in [1.165, 1.54) is 0 Å². The Hall–Kier alpha value is -1.56. The summed E-state index contributed by atoms with van der Waals surface area (Å²) in [5.74, 6) is -0.822. The molecular weight excluding hydrogens is 324 g/mol. The van der Waals surface area contributed by atoms with Crippen LogP contribution >= 0.6 is 15.9 Å². The first kappa shape index (κ1) is 14.8. The highest BCUT2D eigenvalue weighted by molar-refractivity contribution is 9.10. The van der Waals surface area contributed by atoms with Gasteiger partial charge in [-0.3, -0.25) is 4.79 Å². The molecule has 1 unspecified atom stereocenters. The van der Waals surface area contributed by atoms with E-state index in [1.807, 2.05) is 19.1 Å². The third-order valence-corrected chi connectivity index (χ3v) is 4.34. The summed E-state index contributed by atoms with van der Waals surface area (Å²) in [4.78, 5) is 25.1. The van der Waals surface area contributed by atoms with Crippen LogP contribution in [0.25, 0.3) is 0 Å². The van der Waals surface area contributed by atoms with Gasteiger partial charge in [-0.15, -0.1) is 0 Å². The molecule has 1 aliphatic rings. The number of anilines is 1. The Morgan fingerprint density at radius 1 is 1.50 bits per heavy atom. The Balaban J connectivity index is 2.03. The molecule has 2 rings (SSSR count). The molecule has 108 valence electrons. The highest BCUT2D eigenvalue weighted by Crippen LogP contribution is 2.34. The Morgan fingerprint density at radius 2 is 2.25 bits per heavy atom. The minimum absolute atomic E-state index is 0.250. The van der Waals surface area contributed by atoms with E-state index < -0.39 is 11.4 Å². The van der Waals surface area contributed by atoms with Crippen molar-refractivity contribution >= 4 is 33.6 Å². The number of nitrogens with one attached hydrogen (secondary N) is 1. The molecule has 0 radical (unpaired) electrons. The summed E-state index contributed by atoms with van der Waals surface area (Å²) >= 11 is 3.34. The van der Waals surface area contributed by atoms with Crippen molar-refractivity contribution in [3.63, 3.8) is 0 Å². The second-order valence-electron chi connectivity index (χ2n) is 5.05. The van der Waals surface area contributed by atoms with Crippen LogP contribution in [-0.4, -0.2) is 35.1 Å². The number of carbonyl (C=O) groups excluding carboxylic acids is 1. The van der Waals surface area contributed by atoms with Crippen molar-refractivity contribution in [2.45, 2.75) is 19.8 Å². The topological polar surface area (TPSA) is 69.6 Å². The number of likely N-dealkylation sites (tertiary alicyclic amines) is 1. The molecule has 1 aliphatic heterocycles. The van der Waals surface area contributed by atoms with Gasteiger partial charge in [0.15, 0.2) is 0 Å². The fourth-order valence-corrected chi connectivity index (χ4v) is 2.83. The van der Waals surface area contributed by atoms with Crippen molar-refractivity contribution in [3.05, 3.63) is 28.7 Å². The Labute approximate surface area is 126 Å². The second-order valence-corrected chi connectivity index (χ2v) is 5.97. The molecule has 1 atom stereocenters. The van der Waals surface area contributed by atoms with E-state index in [9.17, 15) is 14.7 Å². The molecule has 1 saturated heterocycles. The number of amides is 2. The van der Waals surface area contributed by atoms with Gasteiger partial charge >= 0.3 is 12.0 Å². The van der Waals surface area contributed by atoms with Crippen molar-refractivity contribution in [1.29, 1.82) is 0 Å². The molecule has 2 N–H and O–H groups in total.